The number of ether oxygens (including phenoxy) is 1. The fraction of sp³-hybridized carbons (Fsp3) is 0.316. The van der Waals surface area contributed by atoms with Crippen molar-refractivity contribution in [2.24, 2.45) is 5.92 Å². The van der Waals surface area contributed by atoms with E-state index in [1.807, 2.05) is 42.1 Å². The van der Waals surface area contributed by atoms with Gasteiger partial charge in [-0.3, -0.25) is 9.48 Å². The number of para-hydroxylation sites is 1. The van der Waals surface area contributed by atoms with Crippen molar-refractivity contribution in [2.75, 3.05) is 5.32 Å². The third-order valence-corrected chi connectivity index (χ3v) is 4.35. The molecule has 26 heavy (non-hydrogen) atoms. The summed E-state index contributed by atoms with van der Waals surface area (Å²) < 4.78 is 9.21. The molecule has 1 saturated carbocycles. The molecule has 0 aliphatic heterocycles. The predicted molar refractivity (Wildman–Crippen MR) is 96.9 cm³/mol. The average Bonchev–Trinajstić information content (AvgIpc) is 3.14. The Balaban J connectivity index is 1.33. The highest BCUT2D eigenvalue weighted by molar-refractivity contribution is 6.02. The summed E-state index contributed by atoms with van der Waals surface area (Å²) in [7, 11) is 0. The molecule has 3 aromatic rings. The summed E-state index contributed by atoms with van der Waals surface area (Å²) in [6.07, 6.45) is 7.78. The van der Waals surface area contributed by atoms with E-state index in [0.717, 1.165) is 23.8 Å². The molecule has 0 saturated heterocycles. The molecule has 2 heterocycles. The van der Waals surface area contributed by atoms with Gasteiger partial charge in [-0.05, 0) is 43.4 Å². The average molecular weight is 351 g/mol. The Kier molecular flexibility index (Phi) is 4.43. The van der Waals surface area contributed by atoms with Crippen molar-refractivity contribution in [1.82, 2.24) is 19.6 Å². The first-order chi connectivity index (χ1) is 12.7. The molecule has 134 valence electrons. The quantitative estimate of drug-likeness (QED) is 0.710. The van der Waals surface area contributed by atoms with Gasteiger partial charge in [0.1, 0.15) is 5.75 Å². The van der Waals surface area contributed by atoms with Crippen LogP contribution in [0.15, 0.2) is 48.9 Å². The third-order valence-electron chi connectivity index (χ3n) is 4.35. The van der Waals surface area contributed by atoms with Gasteiger partial charge < -0.3 is 10.1 Å². The monoisotopic (exact) mass is 351 g/mol. The molecule has 1 aliphatic rings. The standard InChI is InChI=1S/C19H21N5O2/c1-14-4-2-3-5-18(14)26-13-23-9-8-17(22-23)19(25)21-16-10-20-24(12-16)11-15-6-7-15/h2-5,8-10,12,15H,6-7,11,13H2,1H3,(H,21,25). The number of amides is 1. The normalized spacial score (nSPS) is 13.6. The summed E-state index contributed by atoms with van der Waals surface area (Å²) >= 11 is 0. The van der Waals surface area contributed by atoms with E-state index in [1.165, 1.54) is 12.8 Å². The first kappa shape index (κ1) is 16.4. The summed E-state index contributed by atoms with van der Waals surface area (Å²) in [5.41, 5.74) is 2.08. The first-order valence-electron chi connectivity index (χ1n) is 8.73. The van der Waals surface area contributed by atoms with Crippen LogP contribution in [0.5, 0.6) is 5.75 Å². The minimum atomic E-state index is -0.259. The van der Waals surface area contributed by atoms with Crippen molar-refractivity contribution in [3.05, 3.63) is 60.2 Å². The number of benzene rings is 1. The van der Waals surface area contributed by atoms with E-state index in [0.29, 0.717) is 11.4 Å². The lowest BCUT2D eigenvalue weighted by molar-refractivity contribution is 0.102. The van der Waals surface area contributed by atoms with Crippen molar-refractivity contribution >= 4 is 11.6 Å². The van der Waals surface area contributed by atoms with Gasteiger partial charge in [0, 0.05) is 18.9 Å². The lowest BCUT2D eigenvalue weighted by atomic mass is 10.2. The second-order valence-corrected chi connectivity index (χ2v) is 6.63. The molecule has 1 aromatic carbocycles. The summed E-state index contributed by atoms with van der Waals surface area (Å²) in [4.78, 5) is 12.3. The molecular weight excluding hydrogens is 330 g/mol. The van der Waals surface area contributed by atoms with Crippen LogP contribution in [0.2, 0.25) is 0 Å². The fourth-order valence-corrected chi connectivity index (χ4v) is 2.70. The predicted octanol–water partition coefficient (Wildman–Crippen LogP) is 3.09. The molecule has 1 fully saturated rings. The largest absolute Gasteiger partial charge is 0.471 e. The molecule has 7 heteroatoms. The Morgan fingerprint density at radius 1 is 1.27 bits per heavy atom. The molecule has 0 bridgehead atoms. The highest BCUT2D eigenvalue weighted by atomic mass is 16.5. The van der Waals surface area contributed by atoms with E-state index in [4.69, 9.17) is 4.74 Å². The maximum atomic E-state index is 12.3. The van der Waals surface area contributed by atoms with E-state index in [9.17, 15) is 4.79 Å². The van der Waals surface area contributed by atoms with E-state index in [2.05, 4.69) is 15.5 Å². The van der Waals surface area contributed by atoms with E-state index in [-0.39, 0.29) is 12.6 Å². The Morgan fingerprint density at radius 2 is 2.12 bits per heavy atom. The molecular formula is C19H21N5O2. The molecule has 1 aliphatic carbocycles. The van der Waals surface area contributed by atoms with Gasteiger partial charge in [-0.2, -0.15) is 10.2 Å². The molecule has 0 spiro atoms. The van der Waals surface area contributed by atoms with Crippen LogP contribution < -0.4 is 10.1 Å². The zero-order chi connectivity index (χ0) is 17.9. The number of rotatable bonds is 7. The maximum absolute atomic E-state index is 12.3. The SMILES string of the molecule is Cc1ccccc1OCn1ccc(C(=O)Nc2cnn(CC3CC3)c2)n1. The van der Waals surface area contributed by atoms with Crippen LogP contribution in [0, 0.1) is 12.8 Å². The summed E-state index contributed by atoms with van der Waals surface area (Å²) in [6, 6.07) is 9.45. The lowest BCUT2D eigenvalue weighted by Gasteiger charge is -2.08. The van der Waals surface area contributed by atoms with Gasteiger partial charge in [0.25, 0.3) is 5.91 Å². The number of carbonyl (C=O) groups is 1. The topological polar surface area (TPSA) is 74.0 Å². The number of aryl methyl sites for hydroxylation is 1. The van der Waals surface area contributed by atoms with Crippen LogP contribution in [-0.2, 0) is 13.3 Å². The van der Waals surface area contributed by atoms with Crippen molar-refractivity contribution in [3.63, 3.8) is 0 Å². The summed E-state index contributed by atoms with van der Waals surface area (Å²) in [6.45, 7) is 3.15. The van der Waals surface area contributed by atoms with Gasteiger partial charge in [0.15, 0.2) is 12.4 Å². The molecule has 1 N–H and O–H groups in total. The zero-order valence-corrected chi connectivity index (χ0v) is 14.6. The van der Waals surface area contributed by atoms with Crippen LogP contribution in [0.3, 0.4) is 0 Å². The lowest BCUT2D eigenvalue weighted by Crippen LogP contribution is -2.14. The maximum Gasteiger partial charge on any atom is 0.276 e. The summed E-state index contributed by atoms with van der Waals surface area (Å²) in [5.74, 6) is 1.28. The molecule has 4 rings (SSSR count). The summed E-state index contributed by atoms with van der Waals surface area (Å²) in [5, 5.41) is 11.4. The van der Waals surface area contributed by atoms with Crippen LogP contribution >= 0.6 is 0 Å². The van der Waals surface area contributed by atoms with E-state index in [1.54, 1.807) is 23.1 Å². The minimum Gasteiger partial charge on any atom is -0.471 e. The van der Waals surface area contributed by atoms with E-state index < -0.39 is 0 Å². The molecule has 0 atom stereocenters. The Bertz CT molecular complexity index is 910. The molecule has 0 unspecified atom stereocenters. The van der Waals surface area contributed by atoms with Crippen LogP contribution in [0.1, 0.15) is 28.9 Å². The molecule has 2 aromatic heterocycles. The zero-order valence-electron chi connectivity index (χ0n) is 14.6. The van der Waals surface area contributed by atoms with Gasteiger partial charge in [-0.25, -0.2) is 4.68 Å². The number of nitrogens with one attached hydrogen (secondary N) is 1. The Labute approximate surface area is 151 Å². The Hall–Kier alpha value is -3.09. The van der Waals surface area contributed by atoms with Gasteiger partial charge in [-0.15, -0.1) is 0 Å². The van der Waals surface area contributed by atoms with Crippen molar-refractivity contribution in [2.45, 2.75) is 33.0 Å². The second-order valence-electron chi connectivity index (χ2n) is 6.63. The second kappa shape index (κ2) is 7.03. The van der Waals surface area contributed by atoms with Crippen molar-refractivity contribution in [3.8, 4) is 5.75 Å². The fourth-order valence-electron chi connectivity index (χ4n) is 2.70. The smallest absolute Gasteiger partial charge is 0.276 e. The number of aromatic nitrogens is 4. The Morgan fingerprint density at radius 3 is 2.92 bits per heavy atom. The molecule has 7 nitrogen and oxygen atoms in total. The first-order valence-corrected chi connectivity index (χ1v) is 8.73. The third kappa shape index (κ3) is 3.93. The molecule has 1 amide bonds. The number of carbonyl (C=O) groups excluding carboxylic acids is 1. The van der Waals surface area contributed by atoms with Crippen LogP contribution in [-0.4, -0.2) is 25.5 Å². The number of hydrogen-bond acceptors (Lipinski definition) is 4. The van der Waals surface area contributed by atoms with Crippen LogP contribution in [0.4, 0.5) is 5.69 Å². The minimum absolute atomic E-state index is 0.247. The van der Waals surface area contributed by atoms with Gasteiger partial charge in [0.05, 0.1) is 11.9 Å². The molecule has 0 radical (unpaired) electrons. The highest BCUT2D eigenvalue weighted by Crippen LogP contribution is 2.30. The van der Waals surface area contributed by atoms with Gasteiger partial charge in [-0.1, -0.05) is 18.2 Å². The van der Waals surface area contributed by atoms with Gasteiger partial charge in [0.2, 0.25) is 0 Å². The number of nitrogens with zero attached hydrogens (tertiary/aromatic N) is 4. The van der Waals surface area contributed by atoms with Gasteiger partial charge >= 0.3 is 0 Å². The van der Waals surface area contributed by atoms with Crippen LogP contribution in [0.25, 0.3) is 0 Å². The van der Waals surface area contributed by atoms with Crippen molar-refractivity contribution in [1.29, 1.82) is 0 Å². The van der Waals surface area contributed by atoms with E-state index >= 15 is 0 Å². The number of anilines is 1. The van der Waals surface area contributed by atoms with Crippen molar-refractivity contribution < 1.29 is 9.53 Å². The highest BCUT2D eigenvalue weighted by Gasteiger charge is 2.22. The number of hydrogen-bond donors (Lipinski definition) is 1.